The van der Waals surface area contributed by atoms with Gasteiger partial charge in [0.25, 0.3) is 0 Å². The van der Waals surface area contributed by atoms with Crippen LogP contribution in [0.1, 0.15) is 24.2 Å². The lowest BCUT2D eigenvalue weighted by atomic mass is 10.1. The molecule has 1 aromatic carbocycles. The fraction of sp³-hybridized carbons (Fsp3) is 0.300. The maximum Gasteiger partial charge on any atom is 0.243 e. The number of hydrogen-bond donors (Lipinski definition) is 1. The molecule has 1 rings (SSSR count). The summed E-state index contributed by atoms with van der Waals surface area (Å²) in [5.74, 6) is -1.18. The molecule has 0 heterocycles. The number of hydrogen-bond acceptors (Lipinski definition) is 3. The van der Waals surface area contributed by atoms with Crippen molar-refractivity contribution in [3.05, 3.63) is 29.6 Å². The van der Waals surface area contributed by atoms with E-state index in [4.69, 9.17) is 0 Å². The molecular formula is C10H12FNO3S. The van der Waals surface area contributed by atoms with Crippen LogP contribution in [-0.2, 0) is 10.0 Å². The predicted octanol–water partition coefficient (Wildman–Crippen LogP) is 1.33. The zero-order chi connectivity index (χ0) is 12.3. The molecule has 0 spiro atoms. The molecule has 6 heteroatoms. The van der Waals surface area contributed by atoms with Gasteiger partial charge in [-0.15, -0.1) is 0 Å². The molecule has 0 unspecified atom stereocenters. The summed E-state index contributed by atoms with van der Waals surface area (Å²) in [7, 11) is -3.87. The minimum absolute atomic E-state index is 0.159. The minimum atomic E-state index is -3.87. The van der Waals surface area contributed by atoms with E-state index in [2.05, 4.69) is 4.72 Å². The van der Waals surface area contributed by atoms with Gasteiger partial charge in [0, 0.05) is 12.1 Å². The molecule has 88 valence electrons. The van der Waals surface area contributed by atoms with Crippen molar-refractivity contribution in [2.45, 2.75) is 18.7 Å². The van der Waals surface area contributed by atoms with Gasteiger partial charge < -0.3 is 0 Å². The van der Waals surface area contributed by atoms with Crippen molar-refractivity contribution >= 4 is 15.8 Å². The van der Waals surface area contributed by atoms with Gasteiger partial charge in [0.15, 0.2) is 5.78 Å². The molecule has 0 saturated carbocycles. The quantitative estimate of drug-likeness (QED) is 0.814. The van der Waals surface area contributed by atoms with Crippen molar-refractivity contribution in [3.8, 4) is 0 Å². The highest BCUT2D eigenvalue weighted by molar-refractivity contribution is 7.89. The Morgan fingerprint density at radius 3 is 2.56 bits per heavy atom. The Hall–Kier alpha value is -1.27. The molecule has 0 aromatic heterocycles. The Balaban J connectivity index is 3.33. The smallest absolute Gasteiger partial charge is 0.243 e. The average Bonchev–Trinajstić information content (AvgIpc) is 2.17. The third kappa shape index (κ3) is 2.65. The van der Waals surface area contributed by atoms with Gasteiger partial charge in [0.2, 0.25) is 10.0 Å². The molecule has 0 fully saturated rings. The number of nitrogens with one attached hydrogen (secondary N) is 1. The van der Waals surface area contributed by atoms with Crippen molar-refractivity contribution in [2.75, 3.05) is 6.54 Å². The van der Waals surface area contributed by atoms with Gasteiger partial charge in [0.1, 0.15) is 10.7 Å². The Morgan fingerprint density at radius 1 is 1.44 bits per heavy atom. The molecule has 0 amide bonds. The van der Waals surface area contributed by atoms with Gasteiger partial charge in [-0.05, 0) is 25.1 Å². The summed E-state index contributed by atoms with van der Waals surface area (Å²) in [6.45, 7) is 3.03. The van der Waals surface area contributed by atoms with E-state index in [1.54, 1.807) is 6.92 Å². The van der Waals surface area contributed by atoms with E-state index in [-0.39, 0.29) is 17.9 Å². The Kier molecular flexibility index (Phi) is 3.77. The summed E-state index contributed by atoms with van der Waals surface area (Å²) in [5.41, 5.74) is 0.165. The standard InChI is InChI=1S/C10H12FNO3S/c1-3-12-16(14,15)10-6-8(7(2)13)4-5-9(10)11/h4-6,12H,3H2,1-2H3. The molecule has 0 atom stereocenters. The largest absolute Gasteiger partial charge is 0.295 e. The molecule has 16 heavy (non-hydrogen) atoms. The molecule has 1 aromatic rings. The first-order chi connectivity index (χ1) is 7.38. The third-order valence-corrected chi connectivity index (χ3v) is 3.52. The van der Waals surface area contributed by atoms with Gasteiger partial charge in [0.05, 0.1) is 0 Å². The van der Waals surface area contributed by atoms with Gasteiger partial charge >= 0.3 is 0 Å². The first-order valence-corrected chi connectivity index (χ1v) is 6.17. The number of carbonyl (C=O) groups is 1. The summed E-state index contributed by atoms with van der Waals surface area (Å²) in [6.07, 6.45) is 0. The first kappa shape index (κ1) is 12.8. The number of Topliss-reactive ketones (excluding diaryl/α,β-unsaturated/α-hetero) is 1. The fourth-order valence-corrected chi connectivity index (χ4v) is 2.34. The highest BCUT2D eigenvalue weighted by Gasteiger charge is 2.19. The van der Waals surface area contributed by atoms with Crippen molar-refractivity contribution in [1.82, 2.24) is 4.72 Å². The zero-order valence-corrected chi connectivity index (χ0v) is 9.77. The van der Waals surface area contributed by atoms with E-state index in [0.717, 1.165) is 12.1 Å². The Morgan fingerprint density at radius 2 is 2.06 bits per heavy atom. The second-order valence-corrected chi connectivity index (χ2v) is 4.94. The van der Waals surface area contributed by atoms with Crippen LogP contribution in [-0.4, -0.2) is 20.7 Å². The van der Waals surface area contributed by atoms with Crippen LogP contribution in [0, 0.1) is 5.82 Å². The number of halogens is 1. The topological polar surface area (TPSA) is 63.2 Å². The number of rotatable bonds is 4. The predicted molar refractivity (Wildman–Crippen MR) is 57.3 cm³/mol. The van der Waals surface area contributed by atoms with Crippen LogP contribution < -0.4 is 4.72 Å². The van der Waals surface area contributed by atoms with Crippen LogP contribution in [0.5, 0.6) is 0 Å². The highest BCUT2D eigenvalue weighted by atomic mass is 32.2. The SMILES string of the molecule is CCNS(=O)(=O)c1cc(C(C)=O)ccc1F. The van der Waals surface area contributed by atoms with Crippen molar-refractivity contribution in [1.29, 1.82) is 0 Å². The number of carbonyl (C=O) groups excluding carboxylic acids is 1. The van der Waals surface area contributed by atoms with E-state index in [0.29, 0.717) is 0 Å². The van der Waals surface area contributed by atoms with Crippen LogP contribution in [0.3, 0.4) is 0 Å². The maximum absolute atomic E-state index is 13.3. The molecule has 0 bridgehead atoms. The molecule has 0 radical (unpaired) electrons. The molecule has 0 aliphatic rings. The molecule has 0 saturated heterocycles. The van der Waals surface area contributed by atoms with Crippen LogP contribution in [0.4, 0.5) is 4.39 Å². The van der Waals surface area contributed by atoms with Crippen LogP contribution >= 0.6 is 0 Å². The Bertz CT molecular complexity index is 511. The average molecular weight is 245 g/mol. The second kappa shape index (κ2) is 4.71. The number of sulfonamides is 1. The molecule has 4 nitrogen and oxygen atoms in total. The lowest BCUT2D eigenvalue weighted by molar-refractivity contribution is 0.101. The second-order valence-electron chi connectivity index (χ2n) is 3.20. The summed E-state index contributed by atoms with van der Waals surface area (Å²) < 4.78 is 38.6. The van der Waals surface area contributed by atoms with Crippen molar-refractivity contribution < 1.29 is 17.6 Å². The van der Waals surface area contributed by atoms with Gasteiger partial charge in [-0.3, -0.25) is 4.79 Å². The number of benzene rings is 1. The summed E-state index contributed by atoms with van der Waals surface area (Å²) in [4.78, 5) is 10.6. The van der Waals surface area contributed by atoms with Crippen LogP contribution in [0.2, 0.25) is 0 Å². The van der Waals surface area contributed by atoms with Gasteiger partial charge in [-0.1, -0.05) is 6.92 Å². The number of ketones is 1. The van der Waals surface area contributed by atoms with Gasteiger partial charge in [-0.25, -0.2) is 17.5 Å². The monoisotopic (exact) mass is 245 g/mol. The highest BCUT2D eigenvalue weighted by Crippen LogP contribution is 2.16. The first-order valence-electron chi connectivity index (χ1n) is 4.68. The van der Waals surface area contributed by atoms with E-state index in [9.17, 15) is 17.6 Å². The van der Waals surface area contributed by atoms with E-state index < -0.39 is 20.7 Å². The molecule has 0 aliphatic heterocycles. The van der Waals surface area contributed by atoms with E-state index in [1.165, 1.54) is 13.0 Å². The summed E-state index contributed by atoms with van der Waals surface area (Å²) in [6, 6.07) is 3.26. The maximum atomic E-state index is 13.3. The molecule has 1 N–H and O–H groups in total. The van der Waals surface area contributed by atoms with Gasteiger partial charge in [-0.2, -0.15) is 0 Å². The minimum Gasteiger partial charge on any atom is -0.295 e. The molecular weight excluding hydrogens is 233 g/mol. The lowest BCUT2D eigenvalue weighted by Gasteiger charge is -2.06. The summed E-state index contributed by atoms with van der Waals surface area (Å²) in [5, 5.41) is 0. The van der Waals surface area contributed by atoms with Crippen molar-refractivity contribution in [3.63, 3.8) is 0 Å². The molecule has 0 aliphatic carbocycles. The normalized spacial score (nSPS) is 11.4. The fourth-order valence-electron chi connectivity index (χ4n) is 1.20. The van der Waals surface area contributed by atoms with E-state index >= 15 is 0 Å². The lowest BCUT2D eigenvalue weighted by Crippen LogP contribution is -2.24. The van der Waals surface area contributed by atoms with E-state index in [1.807, 2.05) is 0 Å². The summed E-state index contributed by atoms with van der Waals surface area (Å²) >= 11 is 0. The van der Waals surface area contributed by atoms with Crippen LogP contribution in [0.15, 0.2) is 23.1 Å². The zero-order valence-electron chi connectivity index (χ0n) is 8.95. The Labute approximate surface area is 93.5 Å². The van der Waals surface area contributed by atoms with Crippen LogP contribution in [0.25, 0.3) is 0 Å². The van der Waals surface area contributed by atoms with Crippen molar-refractivity contribution in [2.24, 2.45) is 0 Å². The third-order valence-electron chi connectivity index (χ3n) is 1.96.